The Morgan fingerprint density at radius 3 is 1.76 bits per heavy atom. The summed E-state index contributed by atoms with van der Waals surface area (Å²) in [5.41, 5.74) is 30.6. The molecule has 4 aromatic rings. The van der Waals surface area contributed by atoms with E-state index in [0.29, 0.717) is 23.8 Å². The Morgan fingerprint density at radius 2 is 1.27 bits per heavy atom. The number of benzene rings is 4. The molecule has 7 heteroatoms. The fourth-order valence-electron chi connectivity index (χ4n) is 2.94. The molecule has 0 amide bonds. The Labute approximate surface area is 240 Å². The van der Waals surface area contributed by atoms with E-state index < -0.39 is 0 Å². The van der Waals surface area contributed by atoms with Crippen LogP contribution in [0.25, 0.3) is 5.73 Å². The van der Waals surface area contributed by atoms with Crippen LogP contribution >= 0.6 is 11.6 Å². The van der Waals surface area contributed by atoms with Crippen molar-refractivity contribution in [2.75, 3.05) is 18.0 Å². The van der Waals surface area contributed by atoms with Gasteiger partial charge in [0, 0.05) is 28.5 Å². The molecule has 192 valence electrons. The van der Waals surface area contributed by atoms with E-state index in [4.69, 9.17) is 34.5 Å². The van der Waals surface area contributed by atoms with Crippen molar-refractivity contribution in [3.63, 3.8) is 0 Å². The molecule has 0 aliphatic carbocycles. The standard InChI is InChI=1S/C16H19N3.C8H8Cl.C6H7N2.W/c1-12-2-4-13(5-3-12)10-11-19-16(18)14-6-8-15(17)9-7-14;1-2-7-3-5-8(9)6-4-7;7-5-1-2-6(8)4-3-5;/h2-9H,10-11,17H2,1H3,(H2,18,19);3-6H,1-2H2;1-4,7H,8H2;/q;2*-1;+2. The molecule has 0 atom stereocenters. The van der Waals surface area contributed by atoms with Gasteiger partial charge in [-0.25, -0.2) is 0 Å². The molecule has 0 saturated heterocycles. The van der Waals surface area contributed by atoms with Gasteiger partial charge in [0.1, 0.15) is 5.84 Å². The zero-order valence-electron chi connectivity index (χ0n) is 21.0. The molecule has 7 N–H and O–H groups in total. The van der Waals surface area contributed by atoms with Gasteiger partial charge >= 0.3 is 21.1 Å². The number of rotatable bonds is 5. The van der Waals surface area contributed by atoms with Gasteiger partial charge in [0.05, 0.1) is 0 Å². The minimum atomic E-state index is 0. The molecule has 37 heavy (non-hydrogen) atoms. The SMILES string of the molecule is Cc1ccc(CCN=C(N)c2ccc(N)cc2)cc1.[CH2-]Cc1ccc(Cl)cc1.[NH-]c1ccc(N)cc1.[W+2]. The van der Waals surface area contributed by atoms with Crippen LogP contribution in [0.2, 0.25) is 5.02 Å². The molecular formula is C30H34ClN5W. The van der Waals surface area contributed by atoms with Gasteiger partial charge in [0.15, 0.2) is 0 Å². The smallest absolute Gasteiger partial charge is 0.699 e. The first-order valence-corrected chi connectivity index (χ1v) is 12.0. The van der Waals surface area contributed by atoms with E-state index in [1.165, 1.54) is 16.7 Å². The summed E-state index contributed by atoms with van der Waals surface area (Å²) in [7, 11) is 0. The Kier molecular flexibility index (Phi) is 14.8. The van der Waals surface area contributed by atoms with Gasteiger partial charge in [0.25, 0.3) is 0 Å². The number of nitrogens with one attached hydrogen (secondary N) is 1. The van der Waals surface area contributed by atoms with Crippen LogP contribution < -0.4 is 17.2 Å². The van der Waals surface area contributed by atoms with E-state index in [-0.39, 0.29) is 21.1 Å². The number of aryl methyl sites for hydroxylation is 1. The maximum absolute atomic E-state index is 7.04. The fraction of sp³-hybridized carbons (Fsp3) is 0.133. The average molecular weight is 684 g/mol. The van der Waals surface area contributed by atoms with Gasteiger partial charge in [-0.3, -0.25) is 4.99 Å². The summed E-state index contributed by atoms with van der Waals surface area (Å²) in [6.45, 7) is 6.52. The molecule has 5 nitrogen and oxygen atoms in total. The van der Waals surface area contributed by atoms with Crippen LogP contribution in [-0.4, -0.2) is 12.4 Å². The van der Waals surface area contributed by atoms with Crippen molar-refractivity contribution < 1.29 is 21.1 Å². The second-order valence-electron chi connectivity index (χ2n) is 8.12. The summed E-state index contributed by atoms with van der Waals surface area (Å²) in [5, 5.41) is 0.784. The van der Waals surface area contributed by atoms with Crippen LogP contribution in [0.4, 0.5) is 17.1 Å². The number of hydrogen-bond donors (Lipinski definition) is 3. The predicted molar refractivity (Wildman–Crippen MR) is 157 cm³/mol. The molecule has 0 bridgehead atoms. The zero-order chi connectivity index (χ0) is 26.3. The summed E-state index contributed by atoms with van der Waals surface area (Å²) < 4.78 is 0. The predicted octanol–water partition coefficient (Wildman–Crippen LogP) is 7.19. The molecule has 0 radical (unpaired) electrons. The molecule has 0 spiro atoms. The molecule has 0 unspecified atom stereocenters. The molecular weight excluding hydrogens is 650 g/mol. The van der Waals surface area contributed by atoms with Crippen molar-refractivity contribution in [2.24, 2.45) is 10.7 Å². The second-order valence-corrected chi connectivity index (χ2v) is 8.56. The molecule has 4 aromatic carbocycles. The molecule has 0 aromatic heterocycles. The van der Waals surface area contributed by atoms with Crippen molar-refractivity contribution in [1.82, 2.24) is 0 Å². The number of hydrogen-bond acceptors (Lipinski definition) is 3. The second kappa shape index (κ2) is 17.2. The van der Waals surface area contributed by atoms with Gasteiger partial charge < -0.3 is 29.9 Å². The van der Waals surface area contributed by atoms with Gasteiger partial charge in [-0.2, -0.15) is 6.42 Å². The molecule has 4 rings (SSSR count). The molecule has 0 heterocycles. The van der Waals surface area contributed by atoms with Gasteiger partial charge in [-0.05, 0) is 67.4 Å². The van der Waals surface area contributed by atoms with Crippen molar-refractivity contribution in [3.8, 4) is 0 Å². The van der Waals surface area contributed by atoms with E-state index in [2.05, 4.69) is 43.1 Å². The number of nitrogens with two attached hydrogens (primary N) is 3. The molecule has 0 aliphatic heterocycles. The van der Waals surface area contributed by atoms with E-state index >= 15 is 0 Å². The van der Waals surface area contributed by atoms with E-state index in [1.54, 1.807) is 24.3 Å². The Balaban J connectivity index is 0.000000316. The van der Waals surface area contributed by atoms with Crippen molar-refractivity contribution in [2.45, 2.75) is 19.8 Å². The largest absolute Gasteiger partial charge is 2.00 e. The van der Waals surface area contributed by atoms with Crippen molar-refractivity contribution in [3.05, 3.63) is 137 Å². The molecule has 0 fully saturated rings. The first-order valence-electron chi connectivity index (χ1n) is 11.6. The van der Waals surface area contributed by atoms with E-state index in [9.17, 15) is 0 Å². The fourth-order valence-corrected chi connectivity index (χ4v) is 3.07. The maximum atomic E-state index is 7.04. The van der Waals surface area contributed by atoms with Crippen LogP contribution in [0, 0.1) is 13.8 Å². The summed E-state index contributed by atoms with van der Waals surface area (Å²) in [5.74, 6) is 0.562. The van der Waals surface area contributed by atoms with Gasteiger partial charge in [-0.1, -0.05) is 71.3 Å². The first-order chi connectivity index (χ1) is 17.3. The van der Waals surface area contributed by atoms with Crippen molar-refractivity contribution >= 4 is 34.5 Å². The normalized spacial score (nSPS) is 10.2. The first kappa shape index (κ1) is 31.8. The molecule has 0 aliphatic rings. The number of anilines is 2. The minimum absolute atomic E-state index is 0. The number of aliphatic imine (C=N–C) groups is 1. The number of nitrogens with zero attached hydrogens (tertiary/aromatic N) is 1. The van der Waals surface area contributed by atoms with Crippen LogP contribution in [0.5, 0.6) is 0 Å². The zero-order valence-corrected chi connectivity index (χ0v) is 24.7. The summed E-state index contributed by atoms with van der Waals surface area (Å²) in [6, 6.07) is 30.4. The summed E-state index contributed by atoms with van der Waals surface area (Å²) in [6.07, 6.45) is 1.73. The third-order valence-electron chi connectivity index (χ3n) is 5.12. The third kappa shape index (κ3) is 13.0. The number of nitrogen functional groups attached to an aromatic ring is 2. The minimum Gasteiger partial charge on any atom is -0.699 e. The Hall–Kier alpha value is -3.27. The Morgan fingerprint density at radius 1 is 0.784 bits per heavy atom. The Bertz CT molecular complexity index is 1170. The van der Waals surface area contributed by atoms with Crippen LogP contribution in [0.1, 0.15) is 22.3 Å². The van der Waals surface area contributed by atoms with Gasteiger partial charge in [-0.15, -0.1) is 5.69 Å². The average Bonchev–Trinajstić information content (AvgIpc) is 2.88. The van der Waals surface area contributed by atoms with Crippen LogP contribution in [0.15, 0.2) is 102 Å². The maximum Gasteiger partial charge on any atom is 2.00 e. The van der Waals surface area contributed by atoms with Crippen LogP contribution in [-0.2, 0) is 33.9 Å². The number of amidine groups is 1. The monoisotopic (exact) mass is 683 g/mol. The van der Waals surface area contributed by atoms with E-state index in [1.807, 2.05) is 48.5 Å². The topological polar surface area (TPSA) is 114 Å². The summed E-state index contributed by atoms with van der Waals surface area (Å²) >= 11 is 5.65. The van der Waals surface area contributed by atoms with Crippen molar-refractivity contribution in [1.29, 1.82) is 0 Å². The quantitative estimate of drug-likeness (QED) is 0.0896. The van der Waals surface area contributed by atoms with Crippen LogP contribution in [0.3, 0.4) is 0 Å². The summed E-state index contributed by atoms with van der Waals surface area (Å²) in [4.78, 5) is 4.40. The number of halogens is 1. The van der Waals surface area contributed by atoms with E-state index in [0.717, 1.165) is 29.1 Å². The third-order valence-corrected chi connectivity index (χ3v) is 5.37. The molecule has 0 saturated carbocycles. The van der Waals surface area contributed by atoms with Gasteiger partial charge in [0.2, 0.25) is 0 Å².